The zero-order chi connectivity index (χ0) is 20.8. The number of carbonyl (C=O) groups excluding carboxylic acids is 2. The van der Waals surface area contributed by atoms with Gasteiger partial charge in [-0.1, -0.05) is 39.8 Å². The van der Waals surface area contributed by atoms with Crippen molar-refractivity contribution in [2.75, 3.05) is 52.5 Å². The van der Waals surface area contributed by atoms with Crippen LogP contribution >= 0.6 is 0 Å². The lowest BCUT2D eigenvalue weighted by atomic mass is 10.1. The fraction of sp³-hybridized carbons (Fsp3) is 0.636. The highest BCUT2D eigenvalue weighted by Gasteiger charge is 2.19. The summed E-state index contributed by atoms with van der Waals surface area (Å²) in [5.74, 6) is -0.953. The first kappa shape index (κ1) is 24.1. The smallest absolute Gasteiger partial charge is 0.339 e. The highest BCUT2D eigenvalue weighted by Crippen LogP contribution is 2.12. The third-order valence-electron chi connectivity index (χ3n) is 4.86. The maximum atomic E-state index is 12.4. The minimum atomic E-state index is -0.477. The molecule has 0 heterocycles. The molecule has 0 saturated heterocycles. The van der Waals surface area contributed by atoms with Crippen LogP contribution in [0.4, 0.5) is 0 Å². The molecule has 0 unspecified atom stereocenters. The highest BCUT2D eigenvalue weighted by molar-refractivity contribution is 6.03. The summed E-state index contributed by atoms with van der Waals surface area (Å²) in [7, 11) is 0. The molecule has 158 valence electrons. The van der Waals surface area contributed by atoms with E-state index in [0.29, 0.717) is 13.2 Å². The van der Waals surface area contributed by atoms with Crippen LogP contribution in [0, 0.1) is 0 Å². The van der Waals surface area contributed by atoms with Crippen molar-refractivity contribution in [3.63, 3.8) is 0 Å². The van der Waals surface area contributed by atoms with Crippen molar-refractivity contribution in [1.82, 2.24) is 9.80 Å². The molecule has 0 aliphatic carbocycles. The minimum Gasteiger partial charge on any atom is -0.462 e. The molecular formula is C22H36N2O4. The number of nitrogens with zero attached hydrogens (tertiary/aromatic N) is 2. The molecule has 0 bridgehead atoms. The van der Waals surface area contributed by atoms with Gasteiger partial charge in [-0.05, 0) is 51.2 Å². The fourth-order valence-corrected chi connectivity index (χ4v) is 2.98. The van der Waals surface area contributed by atoms with Gasteiger partial charge in [0, 0.05) is 13.1 Å². The third-order valence-corrected chi connectivity index (χ3v) is 4.86. The van der Waals surface area contributed by atoms with Gasteiger partial charge in [0.25, 0.3) is 0 Å². The van der Waals surface area contributed by atoms with Crippen LogP contribution in [0.5, 0.6) is 0 Å². The standard InChI is InChI=1S/C22H36N2O4/c1-5-23(6-2)15-11-17-27-21(25)19-13-9-10-14-20(19)22(26)28-18-12-16-24(7-3)8-4/h9-10,13-14H,5-8,11-12,15-18H2,1-4H3. The Morgan fingerprint density at radius 2 is 1.07 bits per heavy atom. The second kappa shape index (κ2) is 14.1. The van der Waals surface area contributed by atoms with Gasteiger partial charge in [0.2, 0.25) is 0 Å². The molecule has 0 N–H and O–H groups in total. The topological polar surface area (TPSA) is 59.1 Å². The molecule has 0 atom stereocenters. The van der Waals surface area contributed by atoms with E-state index in [0.717, 1.165) is 52.1 Å². The zero-order valence-corrected chi connectivity index (χ0v) is 17.9. The molecule has 1 aromatic carbocycles. The molecule has 0 aromatic heterocycles. The zero-order valence-electron chi connectivity index (χ0n) is 17.9. The molecule has 28 heavy (non-hydrogen) atoms. The first-order valence-electron chi connectivity index (χ1n) is 10.4. The van der Waals surface area contributed by atoms with Crippen molar-refractivity contribution in [2.24, 2.45) is 0 Å². The number of ether oxygens (including phenoxy) is 2. The second-order valence-corrected chi connectivity index (χ2v) is 6.58. The van der Waals surface area contributed by atoms with E-state index in [1.165, 1.54) is 0 Å². The molecule has 6 nitrogen and oxygen atoms in total. The van der Waals surface area contributed by atoms with Crippen molar-refractivity contribution in [3.8, 4) is 0 Å². The van der Waals surface area contributed by atoms with Crippen LogP contribution in [0.3, 0.4) is 0 Å². The number of esters is 2. The Morgan fingerprint density at radius 1 is 0.714 bits per heavy atom. The molecule has 0 fully saturated rings. The summed E-state index contributed by atoms with van der Waals surface area (Å²) in [4.78, 5) is 29.4. The molecule has 1 aromatic rings. The van der Waals surface area contributed by atoms with Crippen molar-refractivity contribution in [3.05, 3.63) is 35.4 Å². The summed E-state index contributed by atoms with van der Waals surface area (Å²) in [6, 6.07) is 6.67. The van der Waals surface area contributed by atoms with Crippen LogP contribution in [0.25, 0.3) is 0 Å². The first-order valence-corrected chi connectivity index (χ1v) is 10.4. The highest BCUT2D eigenvalue weighted by atomic mass is 16.5. The molecule has 0 amide bonds. The fourth-order valence-electron chi connectivity index (χ4n) is 2.98. The Morgan fingerprint density at radius 3 is 1.39 bits per heavy atom. The van der Waals surface area contributed by atoms with E-state index >= 15 is 0 Å². The predicted octanol–water partition coefficient (Wildman–Crippen LogP) is 3.46. The molecule has 6 heteroatoms. The van der Waals surface area contributed by atoms with Gasteiger partial charge in [-0.2, -0.15) is 0 Å². The predicted molar refractivity (Wildman–Crippen MR) is 112 cm³/mol. The van der Waals surface area contributed by atoms with E-state index in [9.17, 15) is 9.59 Å². The van der Waals surface area contributed by atoms with Crippen molar-refractivity contribution in [1.29, 1.82) is 0 Å². The summed E-state index contributed by atoms with van der Waals surface area (Å²) in [6.45, 7) is 14.8. The monoisotopic (exact) mass is 392 g/mol. The van der Waals surface area contributed by atoms with E-state index < -0.39 is 11.9 Å². The largest absolute Gasteiger partial charge is 0.462 e. The maximum Gasteiger partial charge on any atom is 0.339 e. The van der Waals surface area contributed by atoms with Crippen molar-refractivity contribution >= 4 is 11.9 Å². The second-order valence-electron chi connectivity index (χ2n) is 6.58. The molecule has 0 aliphatic heterocycles. The first-order chi connectivity index (χ1) is 13.6. The summed E-state index contributed by atoms with van der Waals surface area (Å²) in [5, 5.41) is 0. The van der Waals surface area contributed by atoms with E-state index in [1.807, 2.05) is 0 Å². The lowest BCUT2D eigenvalue weighted by Gasteiger charge is -2.18. The normalized spacial score (nSPS) is 11.1. The average molecular weight is 393 g/mol. The van der Waals surface area contributed by atoms with Gasteiger partial charge in [-0.3, -0.25) is 0 Å². The van der Waals surface area contributed by atoms with Crippen LogP contribution in [0.2, 0.25) is 0 Å². The Balaban J connectivity index is 2.51. The average Bonchev–Trinajstić information content (AvgIpc) is 2.73. The molecule has 0 spiro atoms. The maximum absolute atomic E-state index is 12.4. The van der Waals surface area contributed by atoms with E-state index in [2.05, 4.69) is 37.5 Å². The van der Waals surface area contributed by atoms with E-state index in [-0.39, 0.29) is 11.1 Å². The van der Waals surface area contributed by atoms with Crippen LogP contribution < -0.4 is 0 Å². The summed E-state index contributed by atoms with van der Waals surface area (Å²) in [6.07, 6.45) is 1.54. The molecule has 0 saturated carbocycles. The SMILES string of the molecule is CCN(CC)CCCOC(=O)c1ccccc1C(=O)OCCCN(CC)CC. The Labute approximate surface area is 169 Å². The van der Waals surface area contributed by atoms with Gasteiger partial charge in [0.15, 0.2) is 0 Å². The number of hydrogen-bond donors (Lipinski definition) is 0. The lowest BCUT2D eigenvalue weighted by Crippen LogP contribution is -2.25. The number of hydrogen-bond acceptors (Lipinski definition) is 6. The van der Waals surface area contributed by atoms with E-state index in [4.69, 9.17) is 9.47 Å². The van der Waals surface area contributed by atoms with Gasteiger partial charge < -0.3 is 19.3 Å². The summed E-state index contributed by atoms with van der Waals surface area (Å²) < 4.78 is 10.7. The minimum absolute atomic E-state index is 0.263. The molecular weight excluding hydrogens is 356 g/mol. The number of benzene rings is 1. The quantitative estimate of drug-likeness (QED) is 0.357. The van der Waals surface area contributed by atoms with Crippen molar-refractivity contribution in [2.45, 2.75) is 40.5 Å². The molecule has 0 aliphatic rings. The Hall–Kier alpha value is -1.92. The summed E-state index contributed by atoms with van der Waals surface area (Å²) >= 11 is 0. The van der Waals surface area contributed by atoms with Crippen molar-refractivity contribution < 1.29 is 19.1 Å². The van der Waals surface area contributed by atoms with E-state index in [1.54, 1.807) is 24.3 Å². The number of carbonyl (C=O) groups is 2. The number of rotatable bonds is 14. The lowest BCUT2D eigenvalue weighted by molar-refractivity contribution is 0.0442. The van der Waals surface area contributed by atoms with Crippen LogP contribution in [0.15, 0.2) is 24.3 Å². The Bertz CT molecular complexity index is 533. The molecule has 0 radical (unpaired) electrons. The van der Waals surface area contributed by atoms with Gasteiger partial charge in [-0.15, -0.1) is 0 Å². The van der Waals surface area contributed by atoms with Gasteiger partial charge in [0.1, 0.15) is 0 Å². The van der Waals surface area contributed by atoms with Crippen LogP contribution in [0.1, 0.15) is 61.3 Å². The Kier molecular flexibility index (Phi) is 12.2. The van der Waals surface area contributed by atoms with Gasteiger partial charge in [-0.25, -0.2) is 9.59 Å². The van der Waals surface area contributed by atoms with Gasteiger partial charge in [0.05, 0.1) is 24.3 Å². The van der Waals surface area contributed by atoms with Gasteiger partial charge >= 0.3 is 11.9 Å². The van der Waals surface area contributed by atoms with Crippen LogP contribution in [-0.2, 0) is 9.47 Å². The van der Waals surface area contributed by atoms with Crippen LogP contribution in [-0.4, -0.2) is 74.2 Å². The molecule has 1 rings (SSSR count). The third kappa shape index (κ3) is 8.40. The summed E-state index contributed by atoms with van der Waals surface area (Å²) in [5.41, 5.74) is 0.526.